The monoisotopic (exact) mass is 728 g/mol. The van der Waals surface area contributed by atoms with Crippen LogP contribution in [-0.2, 0) is 14.3 Å². The first-order chi connectivity index (χ1) is 21.4. The van der Waals surface area contributed by atoms with E-state index in [-0.39, 0.29) is 6.54 Å². The number of hydrogen-bond acceptors (Lipinski definition) is 9. The van der Waals surface area contributed by atoms with Crippen molar-refractivity contribution in [2.24, 2.45) is 0 Å². The van der Waals surface area contributed by atoms with Crippen LogP contribution in [0.1, 0.15) is 47.5 Å². The lowest BCUT2D eigenvalue weighted by molar-refractivity contribution is 0.0754. The standard InChI is InChI=1S/C14H15ClF2N2S.C12H13ClN2S.C3H6F2O3S/c15-10-1-2-12-11(7-10)18-14(20-12)9-3-5-19(6-4-9)8-13(16)17;13-9-1-2-11-10(7-9)15-12(16-11)8-3-5-14-6-4-8;1-9(6,7)8-2-3(4)5/h1-2,7,9,13H,3-6,8H2;1-2,7-8,14H,3-6H2;3H,2H2,1H3. The van der Waals surface area contributed by atoms with Gasteiger partial charge in [-0.2, -0.15) is 8.42 Å². The van der Waals surface area contributed by atoms with E-state index < -0.39 is 29.6 Å². The molecule has 0 radical (unpaired) electrons. The zero-order valence-electron chi connectivity index (χ0n) is 24.4. The first-order valence-corrected chi connectivity index (χ1v) is 18.5. The van der Waals surface area contributed by atoms with E-state index in [2.05, 4.69) is 20.6 Å². The molecule has 2 aromatic heterocycles. The highest BCUT2D eigenvalue weighted by atomic mass is 35.5. The Bertz CT molecular complexity index is 1630. The van der Waals surface area contributed by atoms with Crippen molar-refractivity contribution in [3.63, 3.8) is 0 Å². The van der Waals surface area contributed by atoms with Crippen molar-refractivity contribution in [2.45, 2.75) is 50.4 Å². The van der Waals surface area contributed by atoms with E-state index in [0.717, 1.165) is 71.0 Å². The quantitative estimate of drug-likeness (QED) is 0.152. The highest BCUT2D eigenvalue weighted by molar-refractivity contribution is 7.85. The summed E-state index contributed by atoms with van der Waals surface area (Å²) in [6, 6.07) is 11.7. The second-order valence-corrected chi connectivity index (χ2v) is 15.3. The van der Waals surface area contributed by atoms with Gasteiger partial charge in [-0.25, -0.2) is 27.5 Å². The number of alkyl halides is 4. The molecule has 1 N–H and O–H groups in total. The van der Waals surface area contributed by atoms with E-state index in [1.54, 1.807) is 11.3 Å². The Labute approximate surface area is 278 Å². The second kappa shape index (κ2) is 17.0. The minimum absolute atomic E-state index is 0.109. The zero-order valence-corrected chi connectivity index (χ0v) is 28.4. The smallest absolute Gasteiger partial charge is 0.264 e. The lowest BCUT2D eigenvalue weighted by Crippen LogP contribution is -2.36. The Balaban J connectivity index is 0.000000165. The molecule has 2 saturated heterocycles. The summed E-state index contributed by atoms with van der Waals surface area (Å²) in [6.07, 6.45) is -0.0484. The van der Waals surface area contributed by atoms with Gasteiger partial charge in [0.05, 0.1) is 43.2 Å². The highest BCUT2D eigenvalue weighted by Crippen LogP contribution is 2.35. The maximum absolute atomic E-state index is 12.4. The molecule has 2 fully saturated rings. The Morgan fingerprint density at radius 2 is 1.36 bits per heavy atom. The lowest BCUT2D eigenvalue weighted by Gasteiger charge is -2.30. The van der Waals surface area contributed by atoms with Crippen molar-refractivity contribution >= 4 is 76.4 Å². The summed E-state index contributed by atoms with van der Waals surface area (Å²) in [5.41, 5.74) is 1.98. The van der Waals surface area contributed by atoms with Crippen molar-refractivity contribution < 1.29 is 30.2 Å². The molecular formula is C29H34Cl2F4N4O3S3. The fourth-order valence-corrected chi connectivity index (χ4v) is 7.90. The van der Waals surface area contributed by atoms with Crippen LogP contribution in [0.3, 0.4) is 0 Å². The van der Waals surface area contributed by atoms with E-state index in [0.29, 0.717) is 16.9 Å². The molecule has 0 saturated carbocycles. The Hall–Kier alpha value is -1.65. The predicted molar refractivity (Wildman–Crippen MR) is 175 cm³/mol. The molecule has 7 nitrogen and oxygen atoms in total. The van der Waals surface area contributed by atoms with Crippen LogP contribution in [0.5, 0.6) is 0 Å². The number of nitrogens with one attached hydrogen (secondary N) is 1. The van der Waals surface area contributed by atoms with Gasteiger partial charge in [-0.1, -0.05) is 23.2 Å². The lowest BCUT2D eigenvalue weighted by atomic mass is 9.97. The highest BCUT2D eigenvalue weighted by Gasteiger charge is 2.25. The van der Waals surface area contributed by atoms with Crippen molar-refractivity contribution in [1.29, 1.82) is 0 Å². The minimum atomic E-state index is -3.70. The molecule has 0 bridgehead atoms. The summed E-state index contributed by atoms with van der Waals surface area (Å²) in [4.78, 5) is 11.2. The summed E-state index contributed by atoms with van der Waals surface area (Å²) in [5.74, 6) is 1.03. The molecule has 0 unspecified atom stereocenters. The first kappa shape index (κ1) is 36.2. The largest absolute Gasteiger partial charge is 0.317 e. The van der Waals surface area contributed by atoms with E-state index in [1.165, 1.54) is 22.5 Å². The molecular weight excluding hydrogens is 695 g/mol. The van der Waals surface area contributed by atoms with Crippen molar-refractivity contribution in [1.82, 2.24) is 20.2 Å². The maximum atomic E-state index is 12.4. The molecule has 0 spiro atoms. The van der Waals surface area contributed by atoms with Gasteiger partial charge in [-0.15, -0.1) is 22.7 Å². The number of halogens is 6. The molecule has 0 aliphatic carbocycles. The summed E-state index contributed by atoms with van der Waals surface area (Å²) in [5, 5.41) is 7.24. The normalized spacial score (nSPS) is 17.0. The molecule has 248 valence electrons. The molecule has 2 aromatic carbocycles. The van der Waals surface area contributed by atoms with Crippen LogP contribution >= 0.6 is 45.9 Å². The van der Waals surface area contributed by atoms with Gasteiger partial charge < -0.3 is 5.32 Å². The van der Waals surface area contributed by atoms with Gasteiger partial charge in [0.15, 0.2) is 0 Å². The molecule has 2 aliphatic rings. The molecule has 16 heteroatoms. The third kappa shape index (κ3) is 11.8. The number of aromatic nitrogens is 2. The third-order valence-corrected chi connectivity index (χ3v) is 10.6. The fraction of sp³-hybridized carbons (Fsp3) is 0.517. The van der Waals surface area contributed by atoms with Crippen LogP contribution in [0.25, 0.3) is 20.4 Å². The fourth-order valence-electron chi connectivity index (χ4n) is 4.99. The number of rotatable bonds is 7. The Kier molecular flexibility index (Phi) is 13.6. The van der Waals surface area contributed by atoms with Gasteiger partial charge in [0.2, 0.25) is 0 Å². The number of hydrogen-bond donors (Lipinski definition) is 1. The van der Waals surface area contributed by atoms with Crippen molar-refractivity contribution in [2.75, 3.05) is 45.6 Å². The van der Waals surface area contributed by atoms with Crippen LogP contribution < -0.4 is 5.32 Å². The van der Waals surface area contributed by atoms with Gasteiger partial charge >= 0.3 is 0 Å². The Morgan fingerprint density at radius 1 is 0.867 bits per heavy atom. The molecule has 2 aliphatic heterocycles. The van der Waals surface area contributed by atoms with Crippen LogP contribution in [-0.4, -0.2) is 81.7 Å². The van der Waals surface area contributed by atoms with Gasteiger partial charge in [-0.05, 0) is 88.3 Å². The summed E-state index contributed by atoms with van der Waals surface area (Å²) < 4.78 is 73.1. The second-order valence-electron chi connectivity index (χ2n) is 10.7. The number of fused-ring (bicyclic) bond motifs is 2. The summed E-state index contributed by atoms with van der Waals surface area (Å²) >= 11 is 15.4. The first-order valence-electron chi connectivity index (χ1n) is 14.3. The van der Waals surface area contributed by atoms with E-state index in [1.807, 2.05) is 46.6 Å². The van der Waals surface area contributed by atoms with Gasteiger partial charge in [0, 0.05) is 21.9 Å². The number of thiazole rings is 2. The molecule has 4 heterocycles. The zero-order chi connectivity index (χ0) is 32.6. The third-order valence-electron chi connectivity index (χ3n) is 7.16. The van der Waals surface area contributed by atoms with Gasteiger partial charge in [0.1, 0.15) is 6.61 Å². The van der Waals surface area contributed by atoms with E-state index in [9.17, 15) is 26.0 Å². The van der Waals surface area contributed by atoms with Crippen LogP contribution in [0, 0.1) is 0 Å². The average molecular weight is 730 g/mol. The number of piperidine rings is 2. The molecule has 45 heavy (non-hydrogen) atoms. The molecule has 4 aromatic rings. The van der Waals surface area contributed by atoms with E-state index in [4.69, 9.17) is 28.2 Å². The van der Waals surface area contributed by atoms with Crippen LogP contribution in [0.2, 0.25) is 10.0 Å². The SMILES string of the molecule is CS(=O)(=O)OCC(F)F.Clc1ccc2sc(C3CCNCC3)nc2c1.FC(F)CN1CCC(c2nc3cc(Cl)ccc3s2)CC1. The van der Waals surface area contributed by atoms with Gasteiger partial charge in [0.25, 0.3) is 23.0 Å². The maximum Gasteiger partial charge on any atom is 0.264 e. The van der Waals surface area contributed by atoms with Crippen LogP contribution in [0.15, 0.2) is 36.4 Å². The number of benzene rings is 2. The van der Waals surface area contributed by atoms with E-state index >= 15 is 0 Å². The van der Waals surface area contributed by atoms with Crippen molar-refractivity contribution in [3.05, 3.63) is 56.5 Å². The summed E-state index contributed by atoms with van der Waals surface area (Å²) in [7, 11) is -3.70. The predicted octanol–water partition coefficient (Wildman–Crippen LogP) is 8.04. The van der Waals surface area contributed by atoms with Crippen LogP contribution in [0.4, 0.5) is 17.6 Å². The van der Waals surface area contributed by atoms with Crippen molar-refractivity contribution in [3.8, 4) is 0 Å². The molecule has 0 amide bonds. The van der Waals surface area contributed by atoms with Gasteiger partial charge in [-0.3, -0.25) is 9.08 Å². The number of likely N-dealkylation sites (tertiary alicyclic amines) is 1. The summed E-state index contributed by atoms with van der Waals surface area (Å²) in [6.45, 7) is 2.51. The topological polar surface area (TPSA) is 84.4 Å². The molecule has 6 rings (SSSR count). The minimum Gasteiger partial charge on any atom is -0.317 e. The molecule has 0 atom stereocenters. The Morgan fingerprint density at radius 3 is 1.78 bits per heavy atom. The average Bonchev–Trinajstić information content (AvgIpc) is 3.61. The number of nitrogens with zero attached hydrogens (tertiary/aromatic N) is 3.